The third kappa shape index (κ3) is 3.64. The minimum Gasteiger partial charge on any atom is -0.482 e. The van der Waals surface area contributed by atoms with Gasteiger partial charge in [-0.2, -0.15) is 0 Å². The Balaban J connectivity index is 1.29. The molecule has 0 saturated heterocycles. The summed E-state index contributed by atoms with van der Waals surface area (Å²) in [5.41, 5.74) is 6.78. The summed E-state index contributed by atoms with van der Waals surface area (Å²) < 4.78 is 6.53. The second-order valence-electron chi connectivity index (χ2n) is 9.87. The highest BCUT2D eigenvalue weighted by Gasteiger charge is 2.37. The van der Waals surface area contributed by atoms with Crippen LogP contribution in [0.25, 0.3) is 21.9 Å². The smallest absolute Gasteiger partial charge is 0.140 e. The van der Waals surface area contributed by atoms with Gasteiger partial charge in [-0.05, 0) is 38.1 Å². The summed E-state index contributed by atoms with van der Waals surface area (Å²) in [7, 11) is 0. The Morgan fingerprint density at radius 1 is 0.632 bits per heavy atom. The maximum absolute atomic E-state index is 6.53. The second kappa shape index (κ2) is 8.74. The Morgan fingerprint density at radius 2 is 1.05 bits per heavy atom. The van der Waals surface area contributed by atoms with Gasteiger partial charge in [0.05, 0.1) is 29.2 Å². The van der Waals surface area contributed by atoms with E-state index in [9.17, 15) is 0 Å². The zero-order chi connectivity index (χ0) is 26.3. The lowest BCUT2D eigenvalue weighted by atomic mass is 9.95. The molecule has 0 atom stereocenters. The molecule has 0 N–H and O–H groups in total. The van der Waals surface area contributed by atoms with Gasteiger partial charge in [-0.15, -0.1) is 22.7 Å². The normalized spacial score (nSPS) is 16.7. The number of fused-ring (bicyclic) bond motifs is 5. The SMILES string of the molecule is CC1(C)Oc2cc(C=C3C(=S)c4ccccc4C3=S)sc2-c2sc(C=C3C(=S)c4ccccc4C3=S)cc21. The van der Waals surface area contributed by atoms with Gasteiger partial charge in [-0.3, -0.25) is 0 Å². The number of thiophene rings is 2. The quantitative estimate of drug-likeness (QED) is 0.168. The lowest BCUT2D eigenvalue weighted by Crippen LogP contribution is -2.27. The van der Waals surface area contributed by atoms with Crippen molar-refractivity contribution >= 4 is 103 Å². The van der Waals surface area contributed by atoms with Crippen LogP contribution < -0.4 is 4.74 Å². The number of hydrogen-bond acceptors (Lipinski definition) is 7. The minimum absolute atomic E-state index is 0.463. The van der Waals surface area contributed by atoms with Crippen molar-refractivity contribution < 1.29 is 4.74 Å². The predicted molar refractivity (Wildman–Crippen MR) is 177 cm³/mol. The van der Waals surface area contributed by atoms with Crippen LogP contribution in [-0.4, -0.2) is 19.5 Å². The van der Waals surface area contributed by atoms with Crippen molar-refractivity contribution in [1.82, 2.24) is 0 Å². The van der Waals surface area contributed by atoms with Crippen molar-refractivity contribution in [2.45, 2.75) is 19.4 Å². The molecule has 3 heterocycles. The van der Waals surface area contributed by atoms with Crippen LogP contribution in [0.3, 0.4) is 0 Å². The van der Waals surface area contributed by atoms with Crippen LogP contribution in [-0.2, 0) is 5.60 Å². The second-order valence-corrected chi connectivity index (χ2v) is 13.7. The van der Waals surface area contributed by atoms with E-state index < -0.39 is 5.60 Å². The molecular weight excluding hydrogens is 581 g/mol. The summed E-state index contributed by atoms with van der Waals surface area (Å²) in [6.45, 7) is 4.24. The van der Waals surface area contributed by atoms with E-state index >= 15 is 0 Å². The first kappa shape index (κ1) is 24.5. The average molecular weight is 599 g/mol. The first-order valence-corrected chi connectivity index (χ1v) is 15.3. The molecule has 0 amide bonds. The van der Waals surface area contributed by atoms with Crippen molar-refractivity contribution in [2.75, 3.05) is 0 Å². The van der Waals surface area contributed by atoms with Crippen LogP contribution >= 0.6 is 71.5 Å². The first-order valence-electron chi connectivity index (χ1n) is 12.0. The summed E-state index contributed by atoms with van der Waals surface area (Å²) in [4.78, 5) is 7.83. The monoisotopic (exact) mass is 598 g/mol. The molecule has 0 spiro atoms. The number of hydrogen-bond donors (Lipinski definition) is 0. The van der Waals surface area contributed by atoms with E-state index in [0.717, 1.165) is 73.2 Å². The number of ether oxygens (including phenoxy) is 1. The van der Waals surface area contributed by atoms with Gasteiger partial charge in [-0.1, -0.05) is 97.4 Å². The molecule has 0 bridgehead atoms. The van der Waals surface area contributed by atoms with Crippen LogP contribution in [0.2, 0.25) is 0 Å². The van der Waals surface area contributed by atoms with Crippen molar-refractivity contribution in [3.8, 4) is 15.5 Å². The fourth-order valence-electron chi connectivity index (χ4n) is 5.22. The molecule has 38 heavy (non-hydrogen) atoms. The van der Waals surface area contributed by atoms with E-state index in [4.69, 9.17) is 53.6 Å². The van der Waals surface area contributed by atoms with Gasteiger partial charge >= 0.3 is 0 Å². The van der Waals surface area contributed by atoms with E-state index in [1.165, 1.54) is 10.4 Å². The highest BCUT2D eigenvalue weighted by atomic mass is 32.1. The predicted octanol–water partition coefficient (Wildman–Crippen LogP) is 9.17. The fraction of sp³-hybridized carbons (Fsp3) is 0.0968. The highest BCUT2D eigenvalue weighted by molar-refractivity contribution is 7.84. The Labute approximate surface area is 250 Å². The average Bonchev–Trinajstić information content (AvgIpc) is 3.63. The molecule has 0 fully saturated rings. The fourth-order valence-corrected chi connectivity index (χ4v) is 9.13. The molecule has 0 saturated carbocycles. The van der Waals surface area contributed by atoms with Crippen LogP contribution in [0.4, 0.5) is 0 Å². The van der Waals surface area contributed by atoms with Crippen LogP contribution in [0, 0.1) is 0 Å². The Morgan fingerprint density at radius 3 is 1.53 bits per heavy atom. The molecule has 1 nitrogen and oxygen atoms in total. The molecule has 7 heteroatoms. The maximum Gasteiger partial charge on any atom is 0.140 e. The highest BCUT2D eigenvalue weighted by Crippen LogP contribution is 2.53. The summed E-state index contributed by atoms with van der Waals surface area (Å²) in [5.74, 6) is 0.895. The van der Waals surface area contributed by atoms with E-state index in [0.29, 0.717) is 0 Å². The molecule has 2 aliphatic carbocycles. The zero-order valence-corrected chi connectivity index (χ0v) is 25.2. The minimum atomic E-state index is -0.463. The van der Waals surface area contributed by atoms with E-state index in [1.54, 1.807) is 22.7 Å². The zero-order valence-electron chi connectivity index (χ0n) is 20.3. The Kier molecular flexibility index (Phi) is 5.64. The van der Waals surface area contributed by atoms with Crippen LogP contribution in [0.1, 0.15) is 51.4 Å². The molecule has 1 aliphatic heterocycles. The van der Waals surface area contributed by atoms with Crippen LogP contribution in [0.15, 0.2) is 71.8 Å². The van der Waals surface area contributed by atoms with E-state index in [-0.39, 0.29) is 0 Å². The number of allylic oxidation sites excluding steroid dienone is 2. The Hall–Kier alpha value is -2.52. The summed E-state index contributed by atoms with van der Waals surface area (Å²) in [5, 5.41) is 0. The standard InChI is InChI=1S/C31H18OS6/c1-31(2)23-13-15(11-21-25(33)17-7-3-4-8-18(17)26(21)34)37-29(23)30-24(32-31)14-16(38-30)12-22-27(35)19-9-5-6-10-20(19)28(22)36/h3-14H,1-2H3. The summed E-state index contributed by atoms with van der Waals surface area (Å²) >= 11 is 26.7. The van der Waals surface area contributed by atoms with Gasteiger partial charge in [0.1, 0.15) is 11.4 Å². The molecule has 3 aliphatic rings. The largest absolute Gasteiger partial charge is 0.482 e. The molecular formula is C31H18OS6. The number of thiocarbonyl (C=S) groups is 4. The molecule has 0 unspecified atom stereocenters. The summed E-state index contributed by atoms with van der Waals surface area (Å²) in [6, 6.07) is 20.6. The van der Waals surface area contributed by atoms with Crippen molar-refractivity contribution in [3.63, 3.8) is 0 Å². The lowest BCUT2D eigenvalue weighted by Gasteiger charge is -2.31. The maximum atomic E-state index is 6.53. The van der Waals surface area contributed by atoms with E-state index in [2.05, 4.69) is 50.3 Å². The van der Waals surface area contributed by atoms with Gasteiger partial charge < -0.3 is 4.74 Å². The van der Waals surface area contributed by atoms with Crippen LogP contribution in [0.5, 0.6) is 5.75 Å². The van der Waals surface area contributed by atoms with E-state index in [1.807, 2.05) is 36.4 Å². The third-order valence-electron chi connectivity index (χ3n) is 7.07. The topological polar surface area (TPSA) is 9.23 Å². The van der Waals surface area contributed by atoms with Gasteiger partial charge in [0.15, 0.2) is 0 Å². The Bertz CT molecular complexity index is 1770. The van der Waals surface area contributed by atoms with Gasteiger partial charge in [0.2, 0.25) is 0 Å². The number of rotatable bonds is 2. The molecule has 184 valence electrons. The molecule has 2 aromatic carbocycles. The first-order chi connectivity index (χ1) is 18.2. The van der Waals surface area contributed by atoms with Gasteiger partial charge in [-0.25, -0.2) is 0 Å². The third-order valence-corrected chi connectivity index (χ3v) is 11.1. The van der Waals surface area contributed by atoms with Gasteiger partial charge in [0.25, 0.3) is 0 Å². The summed E-state index contributed by atoms with van der Waals surface area (Å²) in [6.07, 6.45) is 4.26. The molecule has 2 aromatic heterocycles. The van der Waals surface area contributed by atoms with Crippen molar-refractivity contribution in [2.24, 2.45) is 0 Å². The van der Waals surface area contributed by atoms with Crippen molar-refractivity contribution in [3.05, 3.63) is 109 Å². The van der Waals surface area contributed by atoms with Gasteiger partial charge in [0, 0.05) is 48.7 Å². The molecule has 0 radical (unpaired) electrons. The lowest BCUT2D eigenvalue weighted by molar-refractivity contribution is 0.107. The number of benzene rings is 2. The molecule has 7 rings (SSSR count). The molecule has 4 aromatic rings. The van der Waals surface area contributed by atoms with Crippen molar-refractivity contribution in [1.29, 1.82) is 0 Å².